The van der Waals surface area contributed by atoms with Crippen molar-refractivity contribution in [3.8, 4) is 16.9 Å². The highest BCUT2D eigenvalue weighted by atomic mass is 16.5. The van der Waals surface area contributed by atoms with E-state index in [0.717, 1.165) is 33.4 Å². The predicted octanol–water partition coefficient (Wildman–Crippen LogP) is 3.56. The molecule has 0 radical (unpaired) electrons. The number of ether oxygens (including phenoxy) is 1. The van der Waals surface area contributed by atoms with Crippen LogP contribution < -0.4 is 4.74 Å². The van der Waals surface area contributed by atoms with Crippen LogP contribution in [-0.4, -0.2) is 21.7 Å². The van der Waals surface area contributed by atoms with Crippen molar-refractivity contribution in [1.29, 1.82) is 0 Å². The van der Waals surface area contributed by atoms with Crippen molar-refractivity contribution in [2.45, 2.75) is 0 Å². The fourth-order valence-corrected chi connectivity index (χ4v) is 2.66. The minimum atomic E-state index is 0.839. The molecule has 0 aliphatic rings. The average molecular weight is 275 g/mol. The van der Waals surface area contributed by atoms with E-state index < -0.39 is 0 Å². The van der Waals surface area contributed by atoms with Crippen molar-refractivity contribution in [2.75, 3.05) is 7.11 Å². The molecule has 0 unspecified atom stereocenters. The lowest BCUT2D eigenvalue weighted by Crippen LogP contribution is -1.92. The topological polar surface area (TPSA) is 39.4 Å². The third-order valence-corrected chi connectivity index (χ3v) is 3.69. The van der Waals surface area contributed by atoms with Gasteiger partial charge in [-0.15, -0.1) is 10.2 Å². The fraction of sp³-hybridized carbons (Fsp3) is 0.0588. The summed E-state index contributed by atoms with van der Waals surface area (Å²) in [7, 11) is 1.68. The molecule has 2 aromatic carbocycles. The van der Waals surface area contributed by atoms with E-state index >= 15 is 0 Å². The Hall–Kier alpha value is -2.88. The SMILES string of the molecule is COc1ccc2c(c1)c(-c1ccccc1)cc1nncn12. The Balaban J connectivity index is 2.15. The van der Waals surface area contributed by atoms with Gasteiger partial charge < -0.3 is 4.74 Å². The lowest BCUT2D eigenvalue weighted by atomic mass is 10.0. The number of benzene rings is 2. The number of hydrogen-bond acceptors (Lipinski definition) is 3. The molecule has 0 bridgehead atoms. The Bertz CT molecular complexity index is 929. The molecule has 2 heterocycles. The Labute approximate surface area is 121 Å². The maximum atomic E-state index is 5.37. The monoisotopic (exact) mass is 275 g/mol. The molecular formula is C17H13N3O. The quantitative estimate of drug-likeness (QED) is 0.561. The molecule has 4 nitrogen and oxygen atoms in total. The highest BCUT2D eigenvalue weighted by Gasteiger charge is 2.10. The Morgan fingerprint density at radius 3 is 2.67 bits per heavy atom. The summed E-state index contributed by atoms with van der Waals surface area (Å²) < 4.78 is 7.35. The summed E-state index contributed by atoms with van der Waals surface area (Å²) in [4.78, 5) is 0. The van der Waals surface area contributed by atoms with Crippen LogP contribution >= 0.6 is 0 Å². The van der Waals surface area contributed by atoms with Crippen LogP contribution in [0.2, 0.25) is 0 Å². The smallest absolute Gasteiger partial charge is 0.161 e. The van der Waals surface area contributed by atoms with Gasteiger partial charge in [-0.3, -0.25) is 4.40 Å². The highest BCUT2D eigenvalue weighted by Crippen LogP contribution is 2.32. The minimum Gasteiger partial charge on any atom is -0.497 e. The number of rotatable bonds is 2. The van der Waals surface area contributed by atoms with Crippen molar-refractivity contribution in [3.63, 3.8) is 0 Å². The number of aromatic nitrogens is 3. The first kappa shape index (κ1) is 11.9. The second-order valence-corrected chi connectivity index (χ2v) is 4.87. The summed E-state index contributed by atoms with van der Waals surface area (Å²) in [6.07, 6.45) is 1.74. The molecular weight excluding hydrogens is 262 g/mol. The fourth-order valence-electron chi connectivity index (χ4n) is 2.66. The van der Waals surface area contributed by atoms with E-state index in [-0.39, 0.29) is 0 Å². The average Bonchev–Trinajstić information content (AvgIpc) is 3.03. The number of hydrogen-bond donors (Lipinski definition) is 0. The molecule has 102 valence electrons. The molecule has 0 aliphatic heterocycles. The zero-order valence-corrected chi connectivity index (χ0v) is 11.5. The van der Waals surface area contributed by atoms with Crippen LogP contribution in [0.25, 0.3) is 27.7 Å². The van der Waals surface area contributed by atoms with Crippen molar-refractivity contribution >= 4 is 16.6 Å². The van der Waals surface area contributed by atoms with E-state index in [1.165, 1.54) is 0 Å². The number of pyridine rings is 1. The molecule has 0 N–H and O–H groups in total. The first-order valence-electron chi connectivity index (χ1n) is 6.73. The molecule has 21 heavy (non-hydrogen) atoms. The Kier molecular flexibility index (Phi) is 2.60. The van der Waals surface area contributed by atoms with Crippen LogP contribution in [-0.2, 0) is 0 Å². The molecule has 0 saturated carbocycles. The van der Waals surface area contributed by atoms with Gasteiger partial charge in [-0.2, -0.15) is 0 Å². The number of nitrogens with zero attached hydrogens (tertiary/aromatic N) is 3. The molecule has 4 heteroatoms. The number of fused-ring (bicyclic) bond motifs is 3. The van der Waals surface area contributed by atoms with Crippen LogP contribution in [0.4, 0.5) is 0 Å². The van der Waals surface area contributed by atoms with Crippen LogP contribution in [0.1, 0.15) is 0 Å². The third-order valence-electron chi connectivity index (χ3n) is 3.69. The molecule has 0 aliphatic carbocycles. The molecule has 0 spiro atoms. The number of methoxy groups -OCH3 is 1. The Morgan fingerprint density at radius 1 is 1.00 bits per heavy atom. The summed E-state index contributed by atoms with van der Waals surface area (Å²) in [6, 6.07) is 18.4. The van der Waals surface area contributed by atoms with Gasteiger partial charge in [-0.05, 0) is 35.4 Å². The zero-order valence-electron chi connectivity index (χ0n) is 11.5. The maximum Gasteiger partial charge on any atom is 0.161 e. The summed E-state index contributed by atoms with van der Waals surface area (Å²) in [6.45, 7) is 0. The first-order chi connectivity index (χ1) is 10.4. The van der Waals surface area contributed by atoms with E-state index in [1.54, 1.807) is 13.4 Å². The van der Waals surface area contributed by atoms with Crippen LogP contribution in [0.5, 0.6) is 5.75 Å². The summed E-state index contributed by atoms with van der Waals surface area (Å²) in [5, 5.41) is 9.31. The largest absolute Gasteiger partial charge is 0.497 e. The molecule has 0 atom stereocenters. The molecule has 2 aromatic heterocycles. The van der Waals surface area contributed by atoms with Gasteiger partial charge in [-0.25, -0.2) is 0 Å². The van der Waals surface area contributed by atoms with Crippen molar-refractivity contribution in [1.82, 2.24) is 14.6 Å². The zero-order chi connectivity index (χ0) is 14.2. The summed E-state index contributed by atoms with van der Waals surface area (Å²) >= 11 is 0. The second kappa shape index (κ2) is 4.59. The van der Waals surface area contributed by atoms with E-state index in [1.807, 2.05) is 34.7 Å². The van der Waals surface area contributed by atoms with Crippen LogP contribution in [0, 0.1) is 0 Å². The standard InChI is InChI=1S/C17H13N3O/c1-21-13-7-8-16-15(9-13)14(12-5-3-2-4-6-12)10-17-19-18-11-20(16)17/h2-11H,1H3. The predicted molar refractivity (Wildman–Crippen MR) is 82.5 cm³/mol. The lowest BCUT2D eigenvalue weighted by molar-refractivity contribution is 0.415. The van der Waals surface area contributed by atoms with Crippen LogP contribution in [0.15, 0.2) is 60.9 Å². The summed E-state index contributed by atoms with van der Waals surface area (Å²) in [5.41, 5.74) is 4.19. The molecule has 0 saturated heterocycles. The Morgan fingerprint density at radius 2 is 1.86 bits per heavy atom. The third kappa shape index (κ3) is 1.84. The van der Waals surface area contributed by atoms with E-state index in [9.17, 15) is 0 Å². The van der Waals surface area contributed by atoms with Crippen molar-refractivity contribution in [3.05, 3.63) is 60.9 Å². The maximum absolute atomic E-state index is 5.37. The van der Waals surface area contributed by atoms with Gasteiger partial charge in [0.05, 0.1) is 12.6 Å². The molecule has 0 amide bonds. The van der Waals surface area contributed by atoms with Gasteiger partial charge in [0.25, 0.3) is 0 Å². The van der Waals surface area contributed by atoms with E-state index in [0.29, 0.717) is 0 Å². The van der Waals surface area contributed by atoms with Gasteiger partial charge in [0, 0.05) is 5.39 Å². The highest BCUT2D eigenvalue weighted by molar-refractivity contribution is 5.97. The normalized spacial score (nSPS) is 11.1. The molecule has 4 aromatic rings. The lowest BCUT2D eigenvalue weighted by Gasteiger charge is -2.10. The van der Waals surface area contributed by atoms with Gasteiger partial charge >= 0.3 is 0 Å². The molecule has 0 fully saturated rings. The van der Waals surface area contributed by atoms with E-state index in [4.69, 9.17) is 4.74 Å². The van der Waals surface area contributed by atoms with Crippen molar-refractivity contribution < 1.29 is 4.74 Å². The van der Waals surface area contributed by atoms with E-state index in [2.05, 4.69) is 34.5 Å². The van der Waals surface area contributed by atoms with Crippen LogP contribution in [0.3, 0.4) is 0 Å². The van der Waals surface area contributed by atoms with Gasteiger partial charge in [-0.1, -0.05) is 30.3 Å². The van der Waals surface area contributed by atoms with Crippen molar-refractivity contribution in [2.24, 2.45) is 0 Å². The summed E-state index contributed by atoms with van der Waals surface area (Å²) in [5.74, 6) is 0.840. The first-order valence-corrected chi connectivity index (χ1v) is 6.73. The molecule has 4 rings (SSSR count). The van der Waals surface area contributed by atoms with Gasteiger partial charge in [0.2, 0.25) is 0 Å². The van der Waals surface area contributed by atoms with Gasteiger partial charge in [0.15, 0.2) is 5.65 Å². The minimum absolute atomic E-state index is 0.839. The van der Waals surface area contributed by atoms with Gasteiger partial charge in [0.1, 0.15) is 12.1 Å². The second-order valence-electron chi connectivity index (χ2n) is 4.87.